The second kappa shape index (κ2) is 7.76. The lowest BCUT2D eigenvalue weighted by atomic mass is 10.0. The van der Waals surface area contributed by atoms with Crippen LogP contribution in [0.1, 0.15) is 31.2 Å². The lowest BCUT2D eigenvalue weighted by molar-refractivity contribution is 0.200. The monoisotopic (exact) mass is 370 g/mol. The Morgan fingerprint density at radius 1 is 1.00 bits per heavy atom. The van der Waals surface area contributed by atoms with Gasteiger partial charge in [0.25, 0.3) is 0 Å². The van der Waals surface area contributed by atoms with Gasteiger partial charge in [-0.1, -0.05) is 0 Å². The number of piperidine rings is 1. The molecule has 0 atom stereocenters. The molecule has 1 saturated heterocycles. The van der Waals surface area contributed by atoms with Gasteiger partial charge in [0.2, 0.25) is 0 Å². The van der Waals surface area contributed by atoms with Crippen molar-refractivity contribution in [3.63, 3.8) is 0 Å². The molecule has 6 nitrogen and oxygen atoms in total. The Labute approximate surface area is 160 Å². The maximum Gasteiger partial charge on any atom is 0.141 e. The quantitative estimate of drug-likeness (QED) is 0.779. The molecule has 0 aromatic carbocycles. The van der Waals surface area contributed by atoms with Crippen LogP contribution in [0.2, 0.25) is 0 Å². The lowest BCUT2D eigenvalue weighted by Crippen LogP contribution is -2.46. The average molecular weight is 370 g/mol. The molecule has 4 rings (SSSR count). The Hall–Kier alpha value is -2.28. The van der Waals surface area contributed by atoms with Crippen molar-refractivity contribution in [3.8, 4) is 0 Å². The number of aromatic nitrogens is 3. The van der Waals surface area contributed by atoms with E-state index in [1.807, 2.05) is 19.0 Å². The van der Waals surface area contributed by atoms with Crippen LogP contribution in [0.25, 0.3) is 0 Å². The number of hydrogen-bond donors (Lipinski definition) is 0. The summed E-state index contributed by atoms with van der Waals surface area (Å²) in [4.78, 5) is 19.8. The van der Waals surface area contributed by atoms with Gasteiger partial charge >= 0.3 is 0 Å². The van der Waals surface area contributed by atoms with Crippen molar-refractivity contribution < 1.29 is 4.39 Å². The van der Waals surface area contributed by atoms with Crippen molar-refractivity contribution in [2.75, 3.05) is 37.0 Å². The van der Waals surface area contributed by atoms with Crippen LogP contribution in [-0.2, 0) is 6.54 Å². The summed E-state index contributed by atoms with van der Waals surface area (Å²) >= 11 is 0. The molecular weight excluding hydrogens is 343 g/mol. The van der Waals surface area contributed by atoms with Gasteiger partial charge in [0.1, 0.15) is 23.8 Å². The Kier molecular flexibility index (Phi) is 5.20. The van der Waals surface area contributed by atoms with E-state index in [1.165, 1.54) is 19.0 Å². The summed E-state index contributed by atoms with van der Waals surface area (Å²) in [6.45, 7) is 2.78. The van der Waals surface area contributed by atoms with Gasteiger partial charge in [-0.25, -0.2) is 14.4 Å². The fraction of sp³-hybridized carbons (Fsp3) is 0.550. The maximum absolute atomic E-state index is 13.4. The highest BCUT2D eigenvalue weighted by molar-refractivity contribution is 5.51. The maximum atomic E-state index is 13.4. The largest absolute Gasteiger partial charge is 0.363 e. The first-order valence-electron chi connectivity index (χ1n) is 9.69. The third-order valence-corrected chi connectivity index (χ3v) is 5.42. The van der Waals surface area contributed by atoms with Crippen molar-refractivity contribution in [3.05, 3.63) is 42.2 Å². The van der Waals surface area contributed by atoms with Gasteiger partial charge in [-0.2, -0.15) is 0 Å². The normalized spacial score (nSPS) is 18.5. The minimum absolute atomic E-state index is 0.261. The fourth-order valence-electron chi connectivity index (χ4n) is 3.90. The van der Waals surface area contributed by atoms with E-state index in [9.17, 15) is 4.39 Å². The molecule has 7 heteroatoms. The zero-order valence-electron chi connectivity index (χ0n) is 16.1. The van der Waals surface area contributed by atoms with Crippen LogP contribution in [-0.4, -0.2) is 59.1 Å². The first-order chi connectivity index (χ1) is 13.1. The smallest absolute Gasteiger partial charge is 0.141 e. The lowest BCUT2D eigenvalue weighted by Gasteiger charge is -2.39. The highest BCUT2D eigenvalue weighted by Gasteiger charge is 2.36. The number of likely N-dealkylation sites (tertiary alicyclic amines) is 1. The zero-order chi connectivity index (χ0) is 18.8. The topological polar surface area (TPSA) is 48.4 Å². The predicted molar refractivity (Wildman–Crippen MR) is 104 cm³/mol. The number of pyridine rings is 1. The Morgan fingerprint density at radius 3 is 2.37 bits per heavy atom. The van der Waals surface area contributed by atoms with Crippen molar-refractivity contribution in [1.82, 2.24) is 19.9 Å². The van der Waals surface area contributed by atoms with E-state index < -0.39 is 0 Å². The number of hydrogen-bond acceptors (Lipinski definition) is 6. The minimum Gasteiger partial charge on any atom is -0.363 e. The number of halogens is 1. The number of anilines is 2. The molecule has 1 saturated carbocycles. The van der Waals surface area contributed by atoms with E-state index in [2.05, 4.69) is 30.8 Å². The van der Waals surface area contributed by atoms with Crippen LogP contribution in [0.3, 0.4) is 0 Å². The van der Waals surface area contributed by atoms with E-state index in [4.69, 9.17) is 0 Å². The average Bonchev–Trinajstić information content (AvgIpc) is 3.49. The molecule has 0 N–H and O–H groups in total. The highest BCUT2D eigenvalue weighted by atomic mass is 19.1. The van der Waals surface area contributed by atoms with E-state index in [1.54, 1.807) is 18.6 Å². The van der Waals surface area contributed by atoms with Gasteiger partial charge in [0.05, 0.1) is 6.20 Å². The van der Waals surface area contributed by atoms with Gasteiger partial charge in [0, 0.05) is 58.1 Å². The standard InChI is InChI=1S/C20H27FN6/c1-25(2)19-10-20(24-14-23-19)27(17-3-4-17)18-5-7-26(8-6-18)13-15-9-16(21)12-22-11-15/h9-12,14,17-18H,3-8,13H2,1-2H3. The molecule has 2 aromatic rings. The van der Waals surface area contributed by atoms with Crippen LogP contribution >= 0.6 is 0 Å². The van der Waals surface area contributed by atoms with Gasteiger partial charge in [0.15, 0.2) is 0 Å². The summed E-state index contributed by atoms with van der Waals surface area (Å²) in [6, 6.07) is 4.80. The number of rotatable bonds is 6. The summed E-state index contributed by atoms with van der Waals surface area (Å²) in [5, 5.41) is 0. The highest BCUT2D eigenvalue weighted by Crippen LogP contribution is 2.36. The van der Waals surface area contributed by atoms with Crippen LogP contribution in [0.4, 0.5) is 16.0 Å². The second-order valence-corrected chi connectivity index (χ2v) is 7.79. The summed E-state index contributed by atoms with van der Waals surface area (Å²) in [6.07, 6.45) is 9.38. The van der Waals surface area contributed by atoms with E-state index in [0.29, 0.717) is 12.1 Å². The van der Waals surface area contributed by atoms with Crippen LogP contribution in [0.15, 0.2) is 30.9 Å². The molecule has 3 heterocycles. The van der Waals surface area contributed by atoms with E-state index >= 15 is 0 Å². The molecule has 2 aromatic heterocycles. The molecule has 0 unspecified atom stereocenters. The minimum atomic E-state index is -0.261. The molecule has 0 bridgehead atoms. The third kappa shape index (κ3) is 4.35. The van der Waals surface area contributed by atoms with E-state index in [-0.39, 0.29) is 5.82 Å². The molecule has 0 amide bonds. The van der Waals surface area contributed by atoms with Crippen molar-refractivity contribution in [2.24, 2.45) is 0 Å². The summed E-state index contributed by atoms with van der Waals surface area (Å²) < 4.78 is 13.4. The predicted octanol–water partition coefficient (Wildman–Crippen LogP) is 2.71. The third-order valence-electron chi connectivity index (χ3n) is 5.42. The second-order valence-electron chi connectivity index (χ2n) is 7.79. The SMILES string of the molecule is CN(C)c1cc(N(C2CC2)C2CCN(Cc3cncc(F)c3)CC2)ncn1. The Balaban J connectivity index is 1.41. The molecule has 1 aliphatic carbocycles. The molecule has 144 valence electrons. The zero-order valence-corrected chi connectivity index (χ0v) is 16.1. The fourth-order valence-corrected chi connectivity index (χ4v) is 3.90. The molecular formula is C20H27FN6. The van der Waals surface area contributed by atoms with Gasteiger partial charge < -0.3 is 9.80 Å². The molecule has 1 aliphatic heterocycles. The van der Waals surface area contributed by atoms with Crippen LogP contribution < -0.4 is 9.80 Å². The summed E-state index contributed by atoms with van der Waals surface area (Å²) in [5.74, 6) is 1.73. The van der Waals surface area contributed by atoms with Crippen molar-refractivity contribution >= 4 is 11.6 Å². The van der Waals surface area contributed by atoms with Gasteiger partial charge in [-0.05, 0) is 37.3 Å². The van der Waals surface area contributed by atoms with Crippen molar-refractivity contribution in [1.29, 1.82) is 0 Å². The first-order valence-corrected chi connectivity index (χ1v) is 9.69. The van der Waals surface area contributed by atoms with Gasteiger partial charge in [-0.15, -0.1) is 0 Å². The molecule has 0 radical (unpaired) electrons. The van der Waals surface area contributed by atoms with E-state index in [0.717, 1.165) is 49.7 Å². The molecule has 0 spiro atoms. The molecule has 2 fully saturated rings. The molecule has 2 aliphatic rings. The summed E-state index contributed by atoms with van der Waals surface area (Å²) in [5.41, 5.74) is 0.943. The van der Waals surface area contributed by atoms with Crippen LogP contribution in [0, 0.1) is 5.82 Å². The van der Waals surface area contributed by atoms with Gasteiger partial charge in [-0.3, -0.25) is 9.88 Å². The Bertz CT molecular complexity index is 771. The summed E-state index contributed by atoms with van der Waals surface area (Å²) in [7, 11) is 4.01. The molecule has 27 heavy (non-hydrogen) atoms. The Morgan fingerprint density at radius 2 is 1.70 bits per heavy atom. The first kappa shape index (κ1) is 18.1. The van der Waals surface area contributed by atoms with Crippen LogP contribution in [0.5, 0.6) is 0 Å². The van der Waals surface area contributed by atoms with Crippen molar-refractivity contribution in [2.45, 2.75) is 44.3 Å². The number of nitrogens with zero attached hydrogens (tertiary/aromatic N) is 6.